The van der Waals surface area contributed by atoms with Crippen molar-refractivity contribution in [2.45, 2.75) is 57.8 Å². The van der Waals surface area contributed by atoms with E-state index in [1.165, 1.54) is 12.1 Å². The second kappa shape index (κ2) is 10.1. The zero-order valence-electron chi connectivity index (χ0n) is 16.5. The van der Waals surface area contributed by atoms with Gasteiger partial charge in [0.25, 0.3) is 10.0 Å². The van der Waals surface area contributed by atoms with Gasteiger partial charge in [-0.05, 0) is 41.7 Å². The molecule has 0 aliphatic carbocycles. The predicted molar refractivity (Wildman–Crippen MR) is 109 cm³/mol. The number of phenolic OH excluding ortho intramolecular Hbond substituents is 1. The molecule has 2 aromatic rings. The number of fused-ring (bicyclic) bond motifs is 1. The summed E-state index contributed by atoms with van der Waals surface area (Å²) >= 11 is 0. The molecule has 0 aliphatic rings. The van der Waals surface area contributed by atoms with Crippen molar-refractivity contribution < 1.29 is 18.4 Å². The van der Waals surface area contributed by atoms with E-state index >= 15 is 0 Å². The first-order valence-electron chi connectivity index (χ1n) is 9.81. The zero-order chi connectivity index (χ0) is 19.9. The lowest BCUT2D eigenvalue weighted by Gasteiger charge is -2.24. The van der Waals surface area contributed by atoms with Crippen molar-refractivity contribution in [3.05, 3.63) is 36.4 Å². The van der Waals surface area contributed by atoms with Gasteiger partial charge in [-0.25, -0.2) is 8.42 Å². The number of hydrogen-bond acceptors (Lipinski definition) is 4. The maximum absolute atomic E-state index is 13.1. The highest BCUT2D eigenvalue weighted by molar-refractivity contribution is 7.89. The molecular weight excluding hydrogens is 362 g/mol. The summed E-state index contributed by atoms with van der Waals surface area (Å²) in [5.41, 5.74) is 0. The fourth-order valence-corrected chi connectivity index (χ4v) is 4.49. The molecule has 0 heterocycles. The van der Waals surface area contributed by atoms with Crippen LogP contribution in [0.5, 0.6) is 5.75 Å². The van der Waals surface area contributed by atoms with Crippen LogP contribution in [-0.4, -0.2) is 31.1 Å². The average Bonchev–Trinajstić information content (AvgIpc) is 2.66. The van der Waals surface area contributed by atoms with Crippen LogP contribution in [0.15, 0.2) is 41.3 Å². The lowest BCUT2D eigenvalue weighted by atomic mass is 10.0. The third-order valence-electron chi connectivity index (χ3n) is 4.78. The molecule has 0 saturated carbocycles. The molecule has 6 heteroatoms. The van der Waals surface area contributed by atoms with Crippen molar-refractivity contribution in [2.75, 3.05) is 13.2 Å². The highest BCUT2D eigenvalue weighted by Gasteiger charge is 2.29. The van der Waals surface area contributed by atoms with Crippen LogP contribution in [0.2, 0.25) is 0 Å². The second-order valence-electron chi connectivity index (χ2n) is 6.91. The van der Waals surface area contributed by atoms with Gasteiger partial charge in [0, 0.05) is 6.54 Å². The van der Waals surface area contributed by atoms with Crippen LogP contribution in [0.4, 0.5) is 0 Å². The van der Waals surface area contributed by atoms with Crippen LogP contribution in [0.25, 0.3) is 10.8 Å². The Morgan fingerprint density at radius 1 is 1.07 bits per heavy atom. The summed E-state index contributed by atoms with van der Waals surface area (Å²) < 4.78 is 27.3. The van der Waals surface area contributed by atoms with E-state index in [1.807, 2.05) is 31.2 Å². The third-order valence-corrected chi connectivity index (χ3v) is 6.48. The molecule has 0 radical (unpaired) electrons. The number of phenols is 1. The fraction of sp³-hybridized carbons (Fsp3) is 0.524. The van der Waals surface area contributed by atoms with Crippen molar-refractivity contribution >= 4 is 20.8 Å². The normalized spacial score (nSPS) is 13.3. The molecule has 1 unspecified atom stereocenters. The lowest BCUT2D eigenvalue weighted by molar-refractivity contribution is -0.100. The average molecular weight is 394 g/mol. The Morgan fingerprint density at radius 2 is 1.74 bits per heavy atom. The molecule has 0 aliphatic heterocycles. The highest BCUT2D eigenvalue weighted by Crippen LogP contribution is 2.31. The van der Waals surface area contributed by atoms with Crippen LogP contribution >= 0.6 is 0 Å². The third kappa shape index (κ3) is 5.43. The summed E-state index contributed by atoms with van der Waals surface area (Å²) in [6.07, 6.45) is 4.81. The summed E-state index contributed by atoms with van der Waals surface area (Å²) in [6.45, 7) is 6.75. The van der Waals surface area contributed by atoms with E-state index < -0.39 is 10.0 Å². The molecule has 5 nitrogen and oxygen atoms in total. The molecule has 150 valence electrons. The number of nitrogens with zero attached hydrogens (tertiary/aromatic N) is 1. The van der Waals surface area contributed by atoms with E-state index in [1.54, 1.807) is 0 Å². The number of hydroxylamine groups is 1. The van der Waals surface area contributed by atoms with Crippen molar-refractivity contribution in [1.82, 2.24) is 4.47 Å². The smallest absolute Gasteiger partial charge is 0.268 e. The van der Waals surface area contributed by atoms with Gasteiger partial charge in [-0.15, -0.1) is 0 Å². The van der Waals surface area contributed by atoms with Gasteiger partial charge < -0.3 is 5.11 Å². The Morgan fingerprint density at radius 3 is 2.33 bits per heavy atom. The Balaban J connectivity index is 2.28. The number of unbranched alkanes of at least 4 members (excludes halogenated alkanes) is 1. The minimum absolute atomic E-state index is 0.115. The molecule has 0 amide bonds. The van der Waals surface area contributed by atoms with Gasteiger partial charge in [-0.3, -0.25) is 4.84 Å². The van der Waals surface area contributed by atoms with Gasteiger partial charge in [0.1, 0.15) is 10.6 Å². The van der Waals surface area contributed by atoms with E-state index in [-0.39, 0.29) is 17.2 Å². The van der Waals surface area contributed by atoms with Crippen LogP contribution in [0.1, 0.15) is 52.9 Å². The molecule has 27 heavy (non-hydrogen) atoms. The maximum Gasteiger partial charge on any atom is 0.268 e. The fourth-order valence-electron chi connectivity index (χ4n) is 3.05. The van der Waals surface area contributed by atoms with Crippen LogP contribution in [0.3, 0.4) is 0 Å². The number of benzene rings is 2. The molecule has 0 saturated heterocycles. The first-order chi connectivity index (χ1) is 12.9. The summed E-state index contributed by atoms with van der Waals surface area (Å²) in [7, 11) is -3.95. The topological polar surface area (TPSA) is 66.8 Å². The Kier molecular flexibility index (Phi) is 8.07. The van der Waals surface area contributed by atoms with Gasteiger partial charge in [-0.2, -0.15) is 0 Å². The van der Waals surface area contributed by atoms with Crippen molar-refractivity contribution in [2.24, 2.45) is 5.92 Å². The van der Waals surface area contributed by atoms with Crippen LogP contribution in [-0.2, 0) is 14.9 Å². The summed E-state index contributed by atoms with van der Waals surface area (Å²) in [4.78, 5) is 5.64. The van der Waals surface area contributed by atoms with Crippen molar-refractivity contribution in [3.8, 4) is 5.75 Å². The minimum atomic E-state index is -3.95. The van der Waals surface area contributed by atoms with Gasteiger partial charge in [-0.1, -0.05) is 68.8 Å². The lowest BCUT2D eigenvalue weighted by Crippen LogP contribution is -2.34. The van der Waals surface area contributed by atoms with E-state index in [0.717, 1.165) is 40.9 Å². The Hall–Kier alpha value is -1.63. The zero-order valence-corrected chi connectivity index (χ0v) is 17.3. The number of rotatable bonds is 11. The SMILES string of the molecule is CCCCC(CC)CON(CCC)S(=O)(=O)c1cc2ccccc2cc1O. The van der Waals surface area contributed by atoms with Gasteiger partial charge >= 0.3 is 0 Å². The van der Waals surface area contributed by atoms with E-state index in [4.69, 9.17) is 4.84 Å². The van der Waals surface area contributed by atoms with Gasteiger partial charge in [0.2, 0.25) is 0 Å². The molecule has 0 spiro atoms. The van der Waals surface area contributed by atoms with Crippen LogP contribution < -0.4 is 0 Å². The van der Waals surface area contributed by atoms with Crippen LogP contribution in [0, 0.1) is 5.92 Å². The number of aromatic hydroxyl groups is 1. The van der Waals surface area contributed by atoms with Crippen molar-refractivity contribution in [3.63, 3.8) is 0 Å². The van der Waals surface area contributed by atoms with E-state index in [0.29, 0.717) is 18.9 Å². The standard InChI is InChI=1S/C21H31NO4S/c1-4-7-10-17(6-3)16-26-22(13-5-2)27(24,25)21-15-19-12-9-8-11-18(19)14-20(21)23/h8-9,11-12,14-15,17,23H,4-7,10,13,16H2,1-3H3. The largest absolute Gasteiger partial charge is 0.507 e. The Labute approximate surface area is 163 Å². The monoisotopic (exact) mass is 393 g/mol. The predicted octanol–water partition coefficient (Wildman–Crippen LogP) is 5.09. The van der Waals surface area contributed by atoms with Gasteiger partial charge in [0.05, 0.1) is 6.61 Å². The molecular formula is C21H31NO4S. The maximum atomic E-state index is 13.1. The highest BCUT2D eigenvalue weighted by atomic mass is 32.2. The number of sulfonamides is 1. The molecule has 1 atom stereocenters. The second-order valence-corrected chi connectivity index (χ2v) is 8.71. The first-order valence-corrected chi connectivity index (χ1v) is 11.2. The summed E-state index contributed by atoms with van der Waals surface area (Å²) in [6, 6.07) is 10.4. The molecule has 0 aromatic heterocycles. The van der Waals surface area contributed by atoms with E-state index in [2.05, 4.69) is 13.8 Å². The molecule has 1 N–H and O–H groups in total. The van der Waals surface area contributed by atoms with E-state index in [9.17, 15) is 13.5 Å². The quantitative estimate of drug-likeness (QED) is 0.540. The molecule has 2 rings (SSSR count). The van der Waals surface area contributed by atoms with Crippen molar-refractivity contribution in [1.29, 1.82) is 0 Å². The minimum Gasteiger partial charge on any atom is -0.507 e. The molecule has 2 aromatic carbocycles. The van der Waals surface area contributed by atoms with Gasteiger partial charge in [0.15, 0.2) is 0 Å². The molecule has 0 bridgehead atoms. The number of hydrogen-bond donors (Lipinski definition) is 1. The Bertz CT molecular complexity index is 835. The summed E-state index contributed by atoms with van der Waals surface area (Å²) in [5.74, 6) is 0.0705. The first kappa shape index (κ1) is 21.7. The summed E-state index contributed by atoms with van der Waals surface area (Å²) in [5, 5.41) is 11.9. The molecule has 0 fully saturated rings.